The second-order valence-electron chi connectivity index (χ2n) is 5.86. The molecule has 0 unspecified atom stereocenters. The van der Waals surface area contributed by atoms with E-state index in [-0.39, 0.29) is 24.9 Å². The summed E-state index contributed by atoms with van der Waals surface area (Å²) in [5.41, 5.74) is 5.94. The van der Waals surface area contributed by atoms with Crippen LogP contribution in [-0.2, 0) is 9.53 Å². The first-order valence-electron chi connectivity index (χ1n) is 7.85. The lowest BCUT2D eigenvalue weighted by molar-refractivity contribution is -0.162. The van der Waals surface area contributed by atoms with Crippen LogP contribution in [0.5, 0.6) is 0 Å². The summed E-state index contributed by atoms with van der Waals surface area (Å²) in [6.07, 6.45) is -4.99. The van der Waals surface area contributed by atoms with E-state index >= 15 is 0 Å². The molecule has 26 heavy (non-hydrogen) atoms. The molecule has 0 aliphatic carbocycles. The van der Waals surface area contributed by atoms with Crippen molar-refractivity contribution in [2.75, 3.05) is 25.0 Å². The predicted octanol–water partition coefficient (Wildman–Crippen LogP) is 2.13. The summed E-state index contributed by atoms with van der Waals surface area (Å²) in [6, 6.07) is 6.05. The van der Waals surface area contributed by atoms with Crippen LogP contribution in [0.15, 0.2) is 24.3 Å². The van der Waals surface area contributed by atoms with Crippen molar-refractivity contribution >= 4 is 23.6 Å². The highest BCUT2D eigenvalue weighted by Gasteiger charge is 2.32. The lowest BCUT2D eigenvalue weighted by Crippen LogP contribution is -2.42. The minimum absolute atomic E-state index is 0.134. The third kappa shape index (κ3) is 5.64. The molecule has 0 spiro atoms. The van der Waals surface area contributed by atoms with Gasteiger partial charge in [-0.15, -0.1) is 0 Å². The number of hydrogen-bond donors (Lipinski definition) is 2. The maximum Gasteiger partial charge on any atom is 0.422 e. The van der Waals surface area contributed by atoms with E-state index in [9.17, 15) is 27.6 Å². The quantitative estimate of drug-likeness (QED) is 0.844. The SMILES string of the molecule is NC(=O)c1ccc(NC(=O)C2CCN(C(=O)OCC(F)(F)F)CC2)cc1. The summed E-state index contributed by atoms with van der Waals surface area (Å²) in [5, 5.41) is 2.69. The van der Waals surface area contributed by atoms with Gasteiger partial charge in [0.1, 0.15) is 0 Å². The van der Waals surface area contributed by atoms with Crippen molar-refractivity contribution in [3.63, 3.8) is 0 Å². The third-order valence-electron chi connectivity index (χ3n) is 3.92. The zero-order valence-electron chi connectivity index (χ0n) is 13.7. The first-order chi connectivity index (χ1) is 12.2. The number of hydrogen-bond acceptors (Lipinski definition) is 4. The number of amides is 3. The van der Waals surface area contributed by atoms with Gasteiger partial charge in [-0.2, -0.15) is 13.2 Å². The smallest absolute Gasteiger partial charge is 0.422 e. The highest BCUT2D eigenvalue weighted by molar-refractivity contribution is 5.95. The van der Waals surface area contributed by atoms with Crippen molar-refractivity contribution in [2.24, 2.45) is 11.7 Å². The number of ether oxygens (including phenoxy) is 1. The Bertz CT molecular complexity index is 668. The van der Waals surface area contributed by atoms with Gasteiger partial charge < -0.3 is 20.7 Å². The molecule has 1 heterocycles. The van der Waals surface area contributed by atoms with Gasteiger partial charge in [0.05, 0.1) is 0 Å². The van der Waals surface area contributed by atoms with Crippen LogP contribution >= 0.6 is 0 Å². The Hall–Kier alpha value is -2.78. The van der Waals surface area contributed by atoms with Crippen LogP contribution in [-0.4, -0.2) is 48.7 Å². The summed E-state index contributed by atoms with van der Waals surface area (Å²) >= 11 is 0. The van der Waals surface area contributed by atoms with Gasteiger partial charge >= 0.3 is 12.3 Å². The van der Waals surface area contributed by atoms with Crippen molar-refractivity contribution in [3.8, 4) is 0 Å². The molecule has 0 aromatic heterocycles. The number of anilines is 1. The average molecular weight is 373 g/mol. The molecule has 1 fully saturated rings. The number of nitrogens with two attached hydrogens (primary N) is 1. The van der Waals surface area contributed by atoms with Crippen LogP contribution in [0.25, 0.3) is 0 Å². The van der Waals surface area contributed by atoms with Gasteiger partial charge in [-0.05, 0) is 37.1 Å². The van der Waals surface area contributed by atoms with E-state index in [1.54, 1.807) is 12.1 Å². The molecule has 10 heteroatoms. The Morgan fingerprint density at radius 3 is 2.23 bits per heavy atom. The van der Waals surface area contributed by atoms with Crippen LogP contribution < -0.4 is 11.1 Å². The molecule has 0 atom stereocenters. The normalized spacial score (nSPS) is 15.4. The molecule has 3 N–H and O–H groups in total. The Balaban J connectivity index is 1.80. The number of rotatable bonds is 4. The van der Waals surface area contributed by atoms with Crippen molar-refractivity contribution in [1.29, 1.82) is 0 Å². The van der Waals surface area contributed by atoms with Gasteiger partial charge in [0, 0.05) is 30.3 Å². The largest absolute Gasteiger partial charge is 0.440 e. The van der Waals surface area contributed by atoms with Crippen molar-refractivity contribution in [2.45, 2.75) is 19.0 Å². The first-order valence-corrected chi connectivity index (χ1v) is 7.85. The van der Waals surface area contributed by atoms with Crippen molar-refractivity contribution in [3.05, 3.63) is 29.8 Å². The molecule has 2 rings (SSSR count). The second-order valence-corrected chi connectivity index (χ2v) is 5.86. The Labute approximate surface area is 147 Å². The van der Waals surface area contributed by atoms with Crippen LogP contribution in [0.1, 0.15) is 23.2 Å². The van der Waals surface area contributed by atoms with E-state index in [1.807, 2.05) is 0 Å². The lowest BCUT2D eigenvalue weighted by Gasteiger charge is -2.30. The molecule has 1 aliphatic heterocycles. The van der Waals surface area contributed by atoms with Gasteiger partial charge in [0.15, 0.2) is 6.61 Å². The summed E-state index contributed by atoms with van der Waals surface area (Å²) in [5.74, 6) is -1.22. The fourth-order valence-corrected chi connectivity index (χ4v) is 2.52. The summed E-state index contributed by atoms with van der Waals surface area (Å²) in [7, 11) is 0. The van der Waals surface area contributed by atoms with Gasteiger partial charge in [-0.3, -0.25) is 9.59 Å². The standard InChI is InChI=1S/C16H18F3N3O4/c17-16(18,19)9-26-15(25)22-7-5-11(6-8-22)14(24)21-12-3-1-10(2-4-12)13(20)23/h1-4,11H,5-9H2,(H2,20,23)(H,21,24). The molecule has 1 aliphatic rings. The molecule has 0 bridgehead atoms. The number of nitrogens with one attached hydrogen (secondary N) is 1. The average Bonchev–Trinajstić information content (AvgIpc) is 2.59. The molecule has 3 amide bonds. The summed E-state index contributed by atoms with van der Waals surface area (Å²) in [4.78, 5) is 35.9. The zero-order valence-corrected chi connectivity index (χ0v) is 13.7. The van der Waals surface area contributed by atoms with Gasteiger partial charge in [-0.1, -0.05) is 0 Å². The first kappa shape index (κ1) is 19.5. The number of carbonyl (C=O) groups excluding carboxylic acids is 3. The molecular formula is C16H18F3N3O4. The molecular weight excluding hydrogens is 355 g/mol. The van der Waals surface area contributed by atoms with Crippen LogP contribution in [0, 0.1) is 5.92 Å². The summed E-state index contributed by atoms with van der Waals surface area (Å²) in [6.45, 7) is -1.36. The van der Waals surface area contributed by atoms with Gasteiger partial charge in [0.25, 0.3) is 0 Å². The maximum atomic E-state index is 12.2. The number of nitrogens with zero attached hydrogens (tertiary/aromatic N) is 1. The number of likely N-dealkylation sites (tertiary alicyclic amines) is 1. The predicted molar refractivity (Wildman–Crippen MR) is 85.3 cm³/mol. The molecule has 1 aromatic rings. The van der Waals surface area contributed by atoms with Crippen LogP contribution in [0.3, 0.4) is 0 Å². The molecule has 7 nitrogen and oxygen atoms in total. The van der Waals surface area contributed by atoms with Crippen LogP contribution in [0.2, 0.25) is 0 Å². The number of carbonyl (C=O) groups is 3. The molecule has 1 aromatic carbocycles. The molecule has 1 saturated heterocycles. The Kier molecular flexibility index (Phi) is 6.06. The van der Waals surface area contributed by atoms with Crippen LogP contribution in [0.4, 0.5) is 23.7 Å². The van der Waals surface area contributed by atoms with E-state index in [2.05, 4.69) is 10.1 Å². The topological polar surface area (TPSA) is 102 Å². The van der Waals surface area contributed by atoms with E-state index in [0.29, 0.717) is 24.1 Å². The number of alkyl halides is 3. The maximum absolute atomic E-state index is 12.2. The second kappa shape index (κ2) is 8.07. The van der Waals surface area contributed by atoms with E-state index in [1.165, 1.54) is 12.1 Å². The van der Waals surface area contributed by atoms with Crippen molar-refractivity contribution < 1.29 is 32.3 Å². The number of piperidine rings is 1. The minimum Gasteiger partial charge on any atom is -0.440 e. The highest BCUT2D eigenvalue weighted by atomic mass is 19.4. The fraction of sp³-hybridized carbons (Fsp3) is 0.438. The minimum atomic E-state index is -4.57. The number of primary amides is 1. The van der Waals surface area contributed by atoms with Gasteiger partial charge in [0.2, 0.25) is 11.8 Å². The number of benzene rings is 1. The molecule has 0 radical (unpaired) electrons. The molecule has 142 valence electrons. The number of halogens is 3. The Morgan fingerprint density at radius 1 is 1.15 bits per heavy atom. The van der Waals surface area contributed by atoms with Gasteiger partial charge in [-0.25, -0.2) is 4.79 Å². The van der Waals surface area contributed by atoms with E-state index in [0.717, 1.165) is 4.90 Å². The van der Waals surface area contributed by atoms with E-state index < -0.39 is 24.8 Å². The van der Waals surface area contributed by atoms with E-state index in [4.69, 9.17) is 5.73 Å². The lowest BCUT2D eigenvalue weighted by atomic mass is 9.96. The fourth-order valence-electron chi connectivity index (χ4n) is 2.52. The highest BCUT2D eigenvalue weighted by Crippen LogP contribution is 2.21. The summed E-state index contributed by atoms with van der Waals surface area (Å²) < 4.78 is 40.4. The zero-order chi connectivity index (χ0) is 19.3. The van der Waals surface area contributed by atoms with Crippen molar-refractivity contribution in [1.82, 2.24) is 4.90 Å². The third-order valence-corrected chi connectivity index (χ3v) is 3.92. The monoisotopic (exact) mass is 373 g/mol. The molecule has 0 saturated carbocycles. The Morgan fingerprint density at radius 2 is 1.73 bits per heavy atom.